The molecule has 0 aliphatic heterocycles. The van der Waals surface area contributed by atoms with Gasteiger partial charge in [0.2, 0.25) is 0 Å². The maximum atomic E-state index is 12.0. The second-order valence-corrected chi connectivity index (χ2v) is 5.15. The van der Waals surface area contributed by atoms with Crippen LogP contribution in [0.25, 0.3) is 11.0 Å². The van der Waals surface area contributed by atoms with Crippen LogP contribution in [0.1, 0.15) is 24.3 Å². The Bertz CT molecular complexity index is 812. The first-order valence-corrected chi connectivity index (χ1v) is 7.05. The normalized spacial score (nSPS) is 12.9. The van der Waals surface area contributed by atoms with Crippen molar-refractivity contribution in [2.45, 2.75) is 13.0 Å². The van der Waals surface area contributed by atoms with Crippen molar-refractivity contribution in [2.24, 2.45) is 14.1 Å². The van der Waals surface area contributed by atoms with Crippen LogP contribution in [-0.2, 0) is 14.1 Å². The van der Waals surface area contributed by atoms with Crippen LogP contribution in [0.4, 0.5) is 0 Å². The van der Waals surface area contributed by atoms with Crippen molar-refractivity contribution >= 4 is 11.0 Å². The number of nitrogens with zero attached hydrogens (tertiary/aromatic N) is 2. The number of rotatable bonds is 4. The van der Waals surface area contributed by atoms with Gasteiger partial charge >= 0.3 is 5.69 Å². The molecule has 0 aliphatic rings. The molecule has 1 N–H and O–H groups in total. The lowest BCUT2D eigenvalue weighted by atomic mass is 10.0. The van der Waals surface area contributed by atoms with E-state index in [9.17, 15) is 4.79 Å². The van der Waals surface area contributed by atoms with E-state index in [1.807, 2.05) is 30.3 Å². The van der Waals surface area contributed by atoms with Gasteiger partial charge in [-0.05, 0) is 36.4 Å². The molecule has 2 aromatic heterocycles. The fourth-order valence-corrected chi connectivity index (χ4v) is 2.75. The van der Waals surface area contributed by atoms with E-state index in [0.717, 1.165) is 28.9 Å². The Morgan fingerprint density at radius 2 is 1.95 bits per heavy atom. The summed E-state index contributed by atoms with van der Waals surface area (Å²) in [5.74, 6) is 0.872. The van der Waals surface area contributed by atoms with E-state index in [1.54, 1.807) is 29.5 Å². The van der Waals surface area contributed by atoms with Gasteiger partial charge in [0, 0.05) is 14.1 Å². The van der Waals surface area contributed by atoms with Crippen molar-refractivity contribution < 1.29 is 4.42 Å². The average molecular weight is 285 g/mol. The molecule has 1 unspecified atom stereocenters. The molecule has 0 saturated carbocycles. The monoisotopic (exact) mass is 285 g/mol. The lowest BCUT2D eigenvalue weighted by molar-refractivity contribution is 0.452. The number of furan rings is 1. The Balaban J connectivity index is 2.15. The van der Waals surface area contributed by atoms with E-state index in [4.69, 9.17) is 4.42 Å². The van der Waals surface area contributed by atoms with Crippen LogP contribution in [-0.4, -0.2) is 15.7 Å². The molecule has 1 aromatic carbocycles. The highest BCUT2D eigenvalue weighted by molar-refractivity contribution is 5.77. The minimum absolute atomic E-state index is 0.00953. The molecule has 0 spiro atoms. The van der Waals surface area contributed by atoms with Gasteiger partial charge in [-0.15, -0.1) is 0 Å². The molecule has 5 heteroatoms. The molecule has 3 rings (SSSR count). The number of aryl methyl sites for hydroxylation is 2. The van der Waals surface area contributed by atoms with Crippen molar-refractivity contribution in [1.29, 1.82) is 0 Å². The molecule has 0 fully saturated rings. The molecule has 0 saturated heterocycles. The first-order chi connectivity index (χ1) is 10.1. The van der Waals surface area contributed by atoms with Crippen LogP contribution in [0.5, 0.6) is 0 Å². The zero-order chi connectivity index (χ0) is 15.0. The second kappa shape index (κ2) is 5.26. The van der Waals surface area contributed by atoms with Crippen LogP contribution in [0.2, 0.25) is 0 Å². The van der Waals surface area contributed by atoms with Crippen LogP contribution in [0.3, 0.4) is 0 Å². The Morgan fingerprint density at radius 1 is 1.19 bits per heavy atom. The summed E-state index contributed by atoms with van der Waals surface area (Å²) >= 11 is 0. The Labute approximate surface area is 122 Å². The van der Waals surface area contributed by atoms with Gasteiger partial charge in [-0.3, -0.25) is 9.13 Å². The predicted molar refractivity (Wildman–Crippen MR) is 82.4 cm³/mol. The number of imidazole rings is 1. The molecule has 0 amide bonds. The highest BCUT2D eigenvalue weighted by Gasteiger charge is 2.17. The third kappa shape index (κ3) is 2.19. The molecular formula is C16H19N3O2. The topological polar surface area (TPSA) is 52.1 Å². The smallest absolute Gasteiger partial charge is 0.328 e. The number of aromatic nitrogens is 2. The highest BCUT2D eigenvalue weighted by Crippen LogP contribution is 2.25. The van der Waals surface area contributed by atoms with Crippen LogP contribution in [0.15, 0.2) is 45.8 Å². The van der Waals surface area contributed by atoms with Gasteiger partial charge < -0.3 is 9.73 Å². The Morgan fingerprint density at radius 3 is 2.62 bits per heavy atom. The molecule has 1 atom stereocenters. The number of benzene rings is 1. The third-order valence-electron chi connectivity index (χ3n) is 3.87. The summed E-state index contributed by atoms with van der Waals surface area (Å²) < 4.78 is 8.87. The lowest BCUT2D eigenvalue weighted by Gasteiger charge is -2.16. The first kappa shape index (κ1) is 13.7. The van der Waals surface area contributed by atoms with E-state index in [-0.39, 0.29) is 11.7 Å². The standard InChI is InChI=1S/C16H19N3O2/c1-4-17-15(14-6-5-9-21-14)11-7-8-12-13(10-11)19(3)16(20)18(12)2/h5-10,15,17H,4H2,1-3H3. The number of nitrogens with one attached hydrogen (secondary N) is 1. The van der Waals surface area contributed by atoms with Crippen molar-refractivity contribution in [3.8, 4) is 0 Å². The Hall–Kier alpha value is -2.27. The van der Waals surface area contributed by atoms with Gasteiger partial charge in [0.05, 0.1) is 23.3 Å². The van der Waals surface area contributed by atoms with Crippen molar-refractivity contribution in [2.75, 3.05) is 6.54 Å². The molecule has 0 aliphatic carbocycles. The van der Waals surface area contributed by atoms with Crippen LogP contribution in [0, 0.1) is 0 Å². The molecule has 110 valence electrons. The first-order valence-electron chi connectivity index (χ1n) is 7.05. The third-order valence-corrected chi connectivity index (χ3v) is 3.87. The van der Waals surface area contributed by atoms with E-state index in [2.05, 4.69) is 12.2 Å². The molecular weight excluding hydrogens is 266 g/mol. The number of hydrogen-bond donors (Lipinski definition) is 1. The van der Waals surface area contributed by atoms with E-state index in [1.165, 1.54) is 0 Å². The number of hydrogen-bond acceptors (Lipinski definition) is 3. The van der Waals surface area contributed by atoms with Gasteiger partial charge in [-0.1, -0.05) is 13.0 Å². The predicted octanol–water partition coefficient (Wildman–Crippen LogP) is 2.17. The summed E-state index contributed by atoms with van der Waals surface area (Å²) in [7, 11) is 3.59. The van der Waals surface area contributed by atoms with E-state index >= 15 is 0 Å². The molecule has 5 nitrogen and oxygen atoms in total. The zero-order valence-electron chi connectivity index (χ0n) is 12.5. The highest BCUT2D eigenvalue weighted by atomic mass is 16.3. The summed E-state index contributed by atoms with van der Waals surface area (Å²) in [6.07, 6.45) is 1.68. The molecule has 0 radical (unpaired) electrons. The van der Waals surface area contributed by atoms with Gasteiger partial charge in [-0.25, -0.2) is 4.79 Å². The molecule has 3 aromatic rings. The minimum Gasteiger partial charge on any atom is -0.467 e. The van der Waals surface area contributed by atoms with Gasteiger partial charge in [0.1, 0.15) is 5.76 Å². The van der Waals surface area contributed by atoms with Crippen molar-refractivity contribution in [3.63, 3.8) is 0 Å². The zero-order valence-corrected chi connectivity index (χ0v) is 12.5. The number of fused-ring (bicyclic) bond motifs is 1. The summed E-state index contributed by atoms with van der Waals surface area (Å²) in [4.78, 5) is 12.0. The quantitative estimate of drug-likeness (QED) is 0.799. The average Bonchev–Trinajstić information content (AvgIpc) is 3.09. The summed E-state index contributed by atoms with van der Waals surface area (Å²) in [6.45, 7) is 2.89. The largest absolute Gasteiger partial charge is 0.467 e. The molecule has 21 heavy (non-hydrogen) atoms. The fourth-order valence-electron chi connectivity index (χ4n) is 2.75. The SMILES string of the molecule is CCNC(c1ccc2c(c1)n(C)c(=O)n2C)c1ccco1. The van der Waals surface area contributed by atoms with Gasteiger partial charge in [-0.2, -0.15) is 0 Å². The van der Waals surface area contributed by atoms with Gasteiger partial charge in [0.25, 0.3) is 0 Å². The van der Waals surface area contributed by atoms with Crippen LogP contribution < -0.4 is 11.0 Å². The van der Waals surface area contributed by atoms with Crippen LogP contribution >= 0.6 is 0 Å². The summed E-state index contributed by atoms with van der Waals surface area (Å²) in [6, 6.07) is 9.91. The summed E-state index contributed by atoms with van der Waals surface area (Å²) in [5.41, 5.74) is 2.93. The molecule has 0 bridgehead atoms. The summed E-state index contributed by atoms with van der Waals surface area (Å²) in [5, 5.41) is 3.42. The van der Waals surface area contributed by atoms with E-state index < -0.39 is 0 Å². The maximum absolute atomic E-state index is 12.0. The lowest BCUT2D eigenvalue weighted by Crippen LogP contribution is -2.21. The molecule has 2 heterocycles. The second-order valence-electron chi connectivity index (χ2n) is 5.15. The van der Waals surface area contributed by atoms with Gasteiger partial charge in [0.15, 0.2) is 0 Å². The Kier molecular flexibility index (Phi) is 3.43. The fraction of sp³-hybridized carbons (Fsp3) is 0.312. The van der Waals surface area contributed by atoms with Crippen molar-refractivity contribution in [3.05, 3.63) is 58.4 Å². The minimum atomic E-state index is -0.0138. The maximum Gasteiger partial charge on any atom is 0.328 e. The van der Waals surface area contributed by atoms with E-state index in [0.29, 0.717) is 0 Å². The van der Waals surface area contributed by atoms with Crippen molar-refractivity contribution in [1.82, 2.24) is 14.5 Å².